The van der Waals surface area contributed by atoms with Gasteiger partial charge in [0.25, 0.3) is 0 Å². The van der Waals surface area contributed by atoms with Gasteiger partial charge in [-0.25, -0.2) is 4.98 Å². The van der Waals surface area contributed by atoms with Crippen LogP contribution in [-0.4, -0.2) is 28.8 Å². The van der Waals surface area contributed by atoms with Crippen LogP contribution >= 0.6 is 11.3 Å². The molecule has 1 aromatic heterocycles. The van der Waals surface area contributed by atoms with E-state index < -0.39 is 18.8 Å². The maximum absolute atomic E-state index is 11.8. The molecule has 0 fully saturated rings. The number of halogens is 3. The number of hydrogen-bond donors (Lipinski definition) is 1. The molecule has 0 unspecified atom stereocenters. The number of carboxylic acid groups (broad SMARTS) is 1. The van der Waals surface area contributed by atoms with Crippen LogP contribution in [0.15, 0.2) is 0 Å². The second-order valence-electron chi connectivity index (χ2n) is 3.29. The average molecular weight is 269 g/mol. The number of hydrogen-bond acceptors (Lipinski definition) is 4. The fourth-order valence-corrected chi connectivity index (χ4v) is 2.10. The second-order valence-corrected chi connectivity index (χ2v) is 4.46. The molecule has 96 valence electrons. The Morgan fingerprint density at radius 2 is 2.18 bits per heavy atom. The van der Waals surface area contributed by atoms with Gasteiger partial charge in [-0.15, -0.1) is 11.3 Å². The van der Waals surface area contributed by atoms with Crippen LogP contribution in [0.1, 0.15) is 15.6 Å². The summed E-state index contributed by atoms with van der Waals surface area (Å²) in [6.45, 7) is 0.0204. The van der Waals surface area contributed by atoms with Crippen molar-refractivity contribution in [1.29, 1.82) is 0 Å². The largest absolute Gasteiger partial charge is 0.481 e. The third kappa shape index (κ3) is 5.14. The Hall–Kier alpha value is -1.15. The first-order valence-corrected chi connectivity index (χ1v) is 5.41. The summed E-state index contributed by atoms with van der Waals surface area (Å²) in [5.41, 5.74) is 0.517. The van der Waals surface area contributed by atoms with Crippen molar-refractivity contribution < 1.29 is 27.8 Å². The SMILES string of the molecule is Cc1nc(COCC(F)(F)F)sc1CC(=O)O. The van der Waals surface area contributed by atoms with Gasteiger partial charge in [-0.3, -0.25) is 4.79 Å². The number of ether oxygens (including phenoxy) is 1. The van der Waals surface area contributed by atoms with Gasteiger partial charge in [-0.1, -0.05) is 0 Å². The molecule has 1 aromatic rings. The lowest BCUT2D eigenvalue weighted by atomic mass is 10.3. The Morgan fingerprint density at radius 1 is 1.53 bits per heavy atom. The van der Waals surface area contributed by atoms with Gasteiger partial charge in [0, 0.05) is 4.88 Å². The first kappa shape index (κ1) is 13.9. The van der Waals surface area contributed by atoms with Gasteiger partial charge in [0.2, 0.25) is 0 Å². The van der Waals surface area contributed by atoms with E-state index in [0.717, 1.165) is 11.3 Å². The molecule has 0 aliphatic rings. The predicted molar refractivity (Wildman–Crippen MR) is 53.9 cm³/mol. The Bertz CT molecular complexity index is 403. The van der Waals surface area contributed by atoms with E-state index in [0.29, 0.717) is 15.6 Å². The molecular weight excluding hydrogens is 259 g/mol. The molecule has 0 spiro atoms. The second kappa shape index (κ2) is 5.46. The summed E-state index contributed by atoms with van der Waals surface area (Å²) in [6, 6.07) is 0. The number of thiazole rings is 1. The van der Waals surface area contributed by atoms with E-state index in [-0.39, 0.29) is 13.0 Å². The van der Waals surface area contributed by atoms with Gasteiger partial charge in [0.05, 0.1) is 18.7 Å². The minimum absolute atomic E-state index is 0.178. The van der Waals surface area contributed by atoms with E-state index in [1.54, 1.807) is 6.92 Å². The van der Waals surface area contributed by atoms with Crippen LogP contribution in [0, 0.1) is 6.92 Å². The Balaban J connectivity index is 2.53. The van der Waals surface area contributed by atoms with Crippen molar-refractivity contribution in [3.63, 3.8) is 0 Å². The highest BCUT2D eigenvalue weighted by molar-refractivity contribution is 7.11. The highest BCUT2D eigenvalue weighted by atomic mass is 32.1. The summed E-state index contributed by atoms with van der Waals surface area (Å²) >= 11 is 1.05. The van der Waals surface area contributed by atoms with E-state index >= 15 is 0 Å². The number of aryl methyl sites for hydroxylation is 1. The lowest BCUT2D eigenvalue weighted by molar-refractivity contribution is -0.176. The van der Waals surface area contributed by atoms with E-state index in [2.05, 4.69) is 9.72 Å². The molecule has 0 saturated carbocycles. The van der Waals surface area contributed by atoms with Crippen LogP contribution in [0.2, 0.25) is 0 Å². The molecule has 0 atom stereocenters. The molecular formula is C9H10F3NO3S. The number of aromatic nitrogens is 1. The van der Waals surface area contributed by atoms with E-state index in [1.165, 1.54) is 0 Å². The van der Waals surface area contributed by atoms with Crippen molar-refractivity contribution in [2.45, 2.75) is 26.1 Å². The topological polar surface area (TPSA) is 59.4 Å². The Kier molecular flexibility index (Phi) is 4.47. The van der Waals surface area contributed by atoms with Crippen molar-refractivity contribution in [2.24, 2.45) is 0 Å². The molecule has 0 aliphatic heterocycles. The van der Waals surface area contributed by atoms with Gasteiger partial charge in [0.15, 0.2) is 0 Å². The fourth-order valence-electron chi connectivity index (χ4n) is 1.11. The first-order chi connectivity index (χ1) is 7.78. The molecule has 0 aliphatic carbocycles. The number of nitrogens with zero attached hydrogens (tertiary/aromatic N) is 1. The number of rotatable bonds is 5. The monoisotopic (exact) mass is 269 g/mol. The fraction of sp³-hybridized carbons (Fsp3) is 0.556. The normalized spacial score (nSPS) is 11.8. The Morgan fingerprint density at radius 3 is 2.71 bits per heavy atom. The van der Waals surface area contributed by atoms with Crippen LogP contribution in [0.3, 0.4) is 0 Å². The summed E-state index contributed by atoms with van der Waals surface area (Å²) in [5.74, 6) is -1.00. The summed E-state index contributed by atoms with van der Waals surface area (Å²) < 4.78 is 39.8. The van der Waals surface area contributed by atoms with Crippen molar-refractivity contribution in [2.75, 3.05) is 6.61 Å². The first-order valence-electron chi connectivity index (χ1n) is 4.59. The molecule has 0 saturated heterocycles. The van der Waals surface area contributed by atoms with Crippen LogP contribution in [0.25, 0.3) is 0 Å². The summed E-state index contributed by atoms with van der Waals surface area (Å²) in [6.07, 6.45) is -4.54. The molecule has 0 aromatic carbocycles. The summed E-state index contributed by atoms with van der Waals surface area (Å²) in [5, 5.41) is 8.93. The zero-order valence-corrected chi connectivity index (χ0v) is 9.69. The molecule has 0 amide bonds. The average Bonchev–Trinajstić information content (AvgIpc) is 2.43. The van der Waals surface area contributed by atoms with Crippen LogP contribution in [0.5, 0.6) is 0 Å². The highest BCUT2D eigenvalue weighted by Gasteiger charge is 2.27. The molecule has 0 radical (unpaired) electrons. The van der Waals surface area contributed by atoms with Crippen LogP contribution in [-0.2, 0) is 22.6 Å². The van der Waals surface area contributed by atoms with Crippen molar-refractivity contribution in [3.05, 3.63) is 15.6 Å². The zero-order chi connectivity index (χ0) is 13.1. The lowest BCUT2D eigenvalue weighted by Crippen LogP contribution is -2.16. The molecule has 4 nitrogen and oxygen atoms in total. The lowest BCUT2D eigenvalue weighted by Gasteiger charge is -2.05. The number of carbonyl (C=O) groups is 1. The number of aliphatic carboxylic acids is 1. The third-order valence-electron chi connectivity index (χ3n) is 1.74. The van der Waals surface area contributed by atoms with Gasteiger partial charge >= 0.3 is 12.1 Å². The third-order valence-corrected chi connectivity index (χ3v) is 2.87. The minimum Gasteiger partial charge on any atom is -0.481 e. The molecule has 17 heavy (non-hydrogen) atoms. The number of carboxylic acids is 1. The maximum atomic E-state index is 11.8. The zero-order valence-electron chi connectivity index (χ0n) is 8.87. The van der Waals surface area contributed by atoms with E-state index in [1.807, 2.05) is 0 Å². The van der Waals surface area contributed by atoms with Crippen molar-refractivity contribution >= 4 is 17.3 Å². The van der Waals surface area contributed by atoms with Crippen LogP contribution in [0.4, 0.5) is 13.2 Å². The quantitative estimate of drug-likeness (QED) is 0.889. The predicted octanol–water partition coefficient (Wildman–Crippen LogP) is 2.16. The molecule has 1 rings (SSSR count). The van der Waals surface area contributed by atoms with E-state index in [4.69, 9.17) is 5.11 Å². The van der Waals surface area contributed by atoms with Crippen molar-refractivity contribution in [3.8, 4) is 0 Å². The Labute approximate surface area is 99.0 Å². The highest BCUT2D eigenvalue weighted by Crippen LogP contribution is 2.21. The van der Waals surface area contributed by atoms with Gasteiger partial charge < -0.3 is 9.84 Å². The van der Waals surface area contributed by atoms with Gasteiger partial charge in [0.1, 0.15) is 11.6 Å². The summed E-state index contributed by atoms with van der Waals surface area (Å²) in [4.78, 5) is 15.0. The molecule has 1 heterocycles. The molecule has 8 heteroatoms. The number of alkyl halides is 3. The maximum Gasteiger partial charge on any atom is 0.411 e. The molecule has 0 bridgehead atoms. The smallest absolute Gasteiger partial charge is 0.411 e. The van der Waals surface area contributed by atoms with Crippen molar-refractivity contribution in [1.82, 2.24) is 4.98 Å². The minimum atomic E-state index is -4.36. The van der Waals surface area contributed by atoms with E-state index in [9.17, 15) is 18.0 Å². The molecule has 1 N–H and O–H groups in total. The van der Waals surface area contributed by atoms with Crippen LogP contribution < -0.4 is 0 Å². The van der Waals surface area contributed by atoms with Gasteiger partial charge in [-0.2, -0.15) is 13.2 Å². The van der Waals surface area contributed by atoms with Gasteiger partial charge in [-0.05, 0) is 6.92 Å². The standard InChI is InChI=1S/C9H10F3NO3S/c1-5-6(2-8(14)15)17-7(13-5)3-16-4-9(10,11)12/h2-4H2,1H3,(H,14,15). The summed E-state index contributed by atoms with van der Waals surface area (Å²) in [7, 11) is 0.